The first-order valence-electron chi connectivity index (χ1n) is 10.9. The Hall–Kier alpha value is -4.94. The average Bonchev–Trinajstić information content (AvgIpc) is 2.90. The van der Waals surface area contributed by atoms with Crippen LogP contribution in [-0.2, 0) is 0 Å². The second-order valence-electron chi connectivity index (χ2n) is 7.89. The van der Waals surface area contributed by atoms with Crippen LogP contribution in [0.2, 0.25) is 10.0 Å². The number of nitrogen functional groups attached to an aromatic ring is 1. The van der Waals surface area contributed by atoms with E-state index in [0.29, 0.717) is 10.7 Å². The lowest BCUT2D eigenvalue weighted by Gasteiger charge is -2.08. The van der Waals surface area contributed by atoms with Crippen molar-refractivity contribution in [2.45, 2.75) is 0 Å². The van der Waals surface area contributed by atoms with Gasteiger partial charge < -0.3 is 26.6 Å². The first-order chi connectivity index (χ1) is 18.8. The number of nitrogens with one attached hydrogen (secondary N) is 2. The van der Waals surface area contributed by atoms with Crippen molar-refractivity contribution in [2.75, 3.05) is 16.4 Å². The van der Waals surface area contributed by atoms with Crippen LogP contribution in [0.4, 0.5) is 31.5 Å². The molecule has 0 unspecified atom stereocenters. The fourth-order valence-electron chi connectivity index (χ4n) is 3.13. The molecular weight excluding hydrogens is 573 g/mol. The zero-order chi connectivity index (χ0) is 29.6. The van der Waals surface area contributed by atoms with Crippen molar-refractivity contribution in [1.82, 2.24) is 0 Å². The summed E-state index contributed by atoms with van der Waals surface area (Å²) >= 11 is 11.5. The Balaban J connectivity index is 0.000000222. The zero-order valence-corrected chi connectivity index (χ0v) is 21.5. The van der Waals surface area contributed by atoms with E-state index in [1.54, 1.807) is 0 Å². The van der Waals surface area contributed by atoms with Gasteiger partial charge in [0.15, 0.2) is 0 Å². The molecule has 4 rings (SSSR count). The van der Waals surface area contributed by atoms with Crippen LogP contribution in [-0.4, -0.2) is 27.0 Å². The molecule has 206 valence electrons. The number of hydrogen-bond acceptors (Lipinski definition) is 7. The highest BCUT2D eigenvalue weighted by molar-refractivity contribution is 6.31. The van der Waals surface area contributed by atoms with Gasteiger partial charge in [-0.25, -0.2) is 4.39 Å². The maximum atomic E-state index is 13.2. The summed E-state index contributed by atoms with van der Waals surface area (Å²) in [4.78, 5) is 33.6. The molecule has 10 nitrogen and oxygen atoms in total. The van der Waals surface area contributed by atoms with Gasteiger partial charge in [-0.05, 0) is 66.7 Å². The lowest BCUT2D eigenvalue weighted by molar-refractivity contribution is -0.387. The van der Waals surface area contributed by atoms with Crippen LogP contribution in [0.1, 0.15) is 20.7 Å². The first kappa shape index (κ1) is 29.6. The van der Waals surface area contributed by atoms with Crippen LogP contribution < -0.4 is 16.4 Å². The van der Waals surface area contributed by atoms with Gasteiger partial charge in [0.05, 0.1) is 21.7 Å². The molecule has 2 amide bonds. The Kier molecular flexibility index (Phi) is 9.43. The van der Waals surface area contributed by atoms with Gasteiger partial charge in [-0.3, -0.25) is 19.7 Å². The quantitative estimate of drug-likeness (QED) is 0.102. The third kappa shape index (κ3) is 7.56. The van der Waals surface area contributed by atoms with Crippen molar-refractivity contribution in [3.05, 3.63) is 116 Å². The molecule has 0 heterocycles. The molecule has 0 aliphatic heterocycles. The van der Waals surface area contributed by atoms with Crippen molar-refractivity contribution in [2.24, 2.45) is 0 Å². The monoisotopic (exact) mass is 590 g/mol. The van der Waals surface area contributed by atoms with Crippen LogP contribution in [0.15, 0.2) is 72.8 Å². The number of rotatable bonds is 5. The van der Waals surface area contributed by atoms with Gasteiger partial charge in [0, 0.05) is 27.5 Å². The van der Waals surface area contributed by atoms with Crippen molar-refractivity contribution in [3.63, 3.8) is 0 Å². The Morgan fingerprint density at radius 1 is 0.750 bits per heavy atom. The smallest absolute Gasteiger partial charge is 0.306 e. The lowest BCUT2D eigenvalue weighted by atomic mass is 10.2. The maximum Gasteiger partial charge on any atom is 0.306 e. The second-order valence-corrected chi connectivity index (χ2v) is 8.76. The molecule has 0 spiro atoms. The maximum absolute atomic E-state index is 13.2. The predicted octanol–water partition coefficient (Wildman–Crippen LogP) is 6.36. The number of nitro benzene ring substituents is 1. The Labute approximate surface area is 234 Å². The molecule has 0 saturated heterocycles. The summed E-state index contributed by atoms with van der Waals surface area (Å²) < 4.78 is 26.2. The van der Waals surface area contributed by atoms with E-state index in [4.69, 9.17) is 28.9 Å². The average molecular weight is 591 g/mol. The highest BCUT2D eigenvalue weighted by Gasteiger charge is 2.17. The minimum Gasteiger partial charge on any atom is -0.507 e. The Morgan fingerprint density at radius 3 is 1.65 bits per heavy atom. The number of amides is 2. The summed E-state index contributed by atoms with van der Waals surface area (Å²) in [6, 6.07) is 14.7. The number of nitrogens with zero attached hydrogens (tertiary/aromatic N) is 1. The molecule has 0 aliphatic rings. The van der Waals surface area contributed by atoms with Crippen molar-refractivity contribution < 1.29 is 33.5 Å². The summed E-state index contributed by atoms with van der Waals surface area (Å²) in [5, 5.41) is 35.2. The number of halogens is 4. The Bertz CT molecular complexity index is 1620. The number of phenolic OH excluding ortho intramolecular Hbond substituents is 2. The van der Waals surface area contributed by atoms with Gasteiger partial charge in [-0.2, -0.15) is 4.39 Å². The molecule has 0 atom stereocenters. The normalized spacial score (nSPS) is 10.2. The van der Waals surface area contributed by atoms with Crippen molar-refractivity contribution in [1.29, 1.82) is 0 Å². The SMILES string of the molecule is Nc1cc(NC(=O)c2cc(Cl)ccc2O)ccc1F.O=C(Nc1ccc(F)c([N+](=O)[O-])c1)c1cc(Cl)ccc1O. The highest BCUT2D eigenvalue weighted by Crippen LogP contribution is 2.26. The van der Waals surface area contributed by atoms with E-state index in [2.05, 4.69) is 10.6 Å². The zero-order valence-electron chi connectivity index (χ0n) is 20.0. The third-order valence-electron chi connectivity index (χ3n) is 5.06. The number of nitrogens with two attached hydrogens (primary N) is 1. The fourth-order valence-corrected chi connectivity index (χ4v) is 3.47. The van der Waals surface area contributed by atoms with E-state index in [9.17, 15) is 38.7 Å². The van der Waals surface area contributed by atoms with Gasteiger partial charge in [0.1, 0.15) is 17.3 Å². The summed E-state index contributed by atoms with van der Waals surface area (Å²) in [7, 11) is 0. The van der Waals surface area contributed by atoms with E-state index < -0.39 is 34.1 Å². The van der Waals surface area contributed by atoms with E-state index in [0.717, 1.165) is 18.2 Å². The minimum absolute atomic E-state index is 0.0208. The van der Waals surface area contributed by atoms with E-state index >= 15 is 0 Å². The summed E-state index contributed by atoms with van der Waals surface area (Å²) in [6.45, 7) is 0. The van der Waals surface area contributed by atoms with Gasteiger partial charge in [0.2, 0.25) is 5.82 Å². The standard InChI is InChI=1S/C13H8ClFN2O4.C13H10ClFN2O2/c14-7-1-4-12(18)9(5-7)13(19)16-8-2-3-10(15)11(6-8)17(20)21;14-7-1-4-12(18)9(5-7)13(19)17-8-2-3-10(15)11(16)6-8/h1-6,18H,(H,16,19);1-6,18H,16H2,(H,17,19). The molecule has 0 bridgehead atoms. The molecule has 6 N–H and O–H groups in total. The van der Waals surface area contributed by atoms with Gasteiger partial charge in [0.25, 0.3) is 11.8 Å². The number of carbonyl (C=O) groups excluding carboxylic acids is 2. The number of phenols is 2. The lowest BCUT2D eigenvalue weighted by Crippen LogP contribution is -2.12. The number of aromatic hydroxyl groups is 2. The molecule has 0 aromatic heterocycles. The molecule has 0 aliphatic carbocycles. The van der Waals surface area contributed by atoms with Crippen LogP contribution in [0, 0.1) is 21.7 Å². The predicted molar refractivity (Wildman–Crippen MR) is 146 cm³/mol. The fraction of sp³-hybridized carbons (Fsp3) is 0. The number of carbonyl (C=O) groups is 2. The molecule has 0 saturated carbocycles. The molecule has 0 fully saturated rings. The van der Waals surface area contributed by atoms with Crippen LogP contribution in [0.3, 0.4) is 0 Å². The summed E-state index contributed by atoms with van der Waals surface area (Å²) in [6.07, 6.45) is 0. The van der Waals surface area contributed by atoms with Gasteiger partial charge >= 0.3 is 5.69 Å². The summed E-state index contributed by atoms with van der Waals surface area (Å²) in [5.41, 5.74) is 4.82. The van der Waals surface area contributed by atoms with E-state index in [1.807, 2.05) is 0 Å². The van der Waals surface area contributed by atoms with Crippen LogP contribution >= 0.6 is 23.2 Å². The highest BCUT2D eigenvalue weighted by atomic mass is 35.5. The van der Waals surface area contributed by atoms with Crippen LogP contribution in [0.5, 0.6) is 11.5 Å². The minimum atomic E-state index is -1.01. The largest absolute Gasteiger partial charge is 0.507 e. The van der Waals surface area contributed by atoms with Crippen molar-refractivity contribution in [3.8, 4) is 11.5 Å². The molecular formula is C26H18Cl2F2N4O6. The molecule has 4 aromatic carbocycles. The number of nitro groups is 1. The molecule has 40 heavy (non-hydrogen) atoms. The Morgan fingerprint density at radius 2 is 1.20 bits per heavy atom. The number of hydrogen-bond donors (Lipinski definition) is 5. The second kappa shape index (κ2) is 12.7. The molecule has 0 radical (unpaired) electrons. The van der Waals surface area contributed by atoms with Gasteiger partial charge in [-0.15, -0.1) is 0 Å². The van der Waals surface area contributed by atoms with Crippen LogP contribution in [0.25, 0.3) is 0 Å². The third-order valence-corrected chi connectivity index (χ3v) is 5.53. The molecule has 4 aromatic rings. The summed E-state index contributed by atoms with van der Waals surface area (Å²) in [5.74, 6) is -3.36. The van der Waals surface area contributed by atoms with E-state index in [1.165, 1.54) is 54.6 Å². The number of benzene rings is 4. The van der Waals surface area contributed by atoms with Crippen molar-refractivity contribution >= 4 is 57.8 Å². The van der Waals surface area contributed by atoms with Gasteiger partial charge in [-0.1, -0.05) is 23.2 Å². The topological polar surface area (TPSA) is 168 Å². The first-order valence-corrected chi connectivity index (χ1v) is 11.7. The number of anilines is 3. The molecule has 14 heteroatoms. The van der Waals surface area contributed by atoms with E-state index in [-0.39, 0.29) is 39.0 Å².